The summed E-state index contributed by atoms with van der Waals surface area (Å²) < 4.78 is 21.9. The highest BCUT2D eigenvalue weighted by Crippen LogP contribution is 2.30. The number of hydrogen-bond donors (Lipinski definition) is 0. The van der Waals surface area contributed by atoms with E-state index in [1.807, 2.05) is 16.7 Å². The molecule has 0 amide bonds. The lowest BCUT2D eigenvalue weighted by Crippen LogP contribution is -2.42. The summed E-state index contributed by atoms with van der Waals surface area (Å²) in [5.41, 5.74) is 1.66. The van der Waals surface area contributed by atoms with Crippen LogP contribution in [0.25, 0.3) is 22.0 Å². The van der Waals surface area contributed by atoms with Crippen LogP contribution in [-0.4, -0.2) is 40.7 Å². The van der Waals surface area contributed by atoms with Crippen molar-refractivity contribution in [3.05, 3.63) is 58.4 Å². The third-order valence-corrected chi connectivity index (χ3v) is 6.72. The highest BCUT2D eigenvalue weighted by atomic mass is 19.1. The van der Waals surface area contributed by atoms with E-state index in [0.29, 0.717) is 40.5 Å². The van der Waals surface area contributed by atoms with Gasteiger partial charge in [-0.1, -0.05) is 32.0 Å². The van der Waals surface area contributed by atoms with E-state index < -0.39 is 5.82 Å². The number of rotatable bonds is 6. The molecule has 176 valence electrons. The van der Waals surface area contributed by atoms with Crippen molar-refractivity contribution in [2.45, 2.75) is 59.0 Å². The number of piperidine rings is 1. The second kappa shape index (κ2) is 9.64. The molecule has 4 rings (SSSR count). The first-order valence-electron chi connectivity index (χ1n) is 11.9. The van der Waals surface area contributed by atoms with Gasteiger partial charge in [-0.05, 0) is 62.9 Å². The highest BCUT2D eigenvalue weighted by molar-refractivity contribution is 5.84. The molecule has 0 N–H and O–H groups in total. The van der Waals surface area contributed by atoms with Crippen molar-refractivity contribution in [2.75, 3.05) is 20.2 Å². The molecule has 1 aliphatic rings. The molecule has 2 heterocycles. The summed E-state index contributed by atoms with van der Waals surface area (Å²) in [7, 11) is 1.45. The monoisotopic (exact) mass is 451 g/mol. The minimum absolute atomic E-state index is 0.0458. The molecular formula is C27H34FN3O2. The van der Waals surface area contributed by atoms with E-state index in [2.05, 4.69) is 32.6 Å². The Labute approximate surface area is 195 Å². The lowest BCUT2D eigenvalue weighted by molar-refractivity contribution is 0.129. The van der Waals surface area contributed by atoms with Gasteiger partial charge in [0.1, 0.15) is 5.82 Å². The summed E-state index contributed by atoms with van der Waals surface area (Å²) in [5, 5.41) is 0.524. The standard InChI is InChI=1S/C27H34FN3O2/c1-17(2)26-29-23-12-11-20(21-9-6-10-24(33-5)25(21)28)14-22(23)27(32)31(26)16-19-8-7-13-30(15-19)18(3)4/h6,9-12,14,17-19H,7-8,13,15-16H2,1-5H3/t19-/m0/s1. The van der Waals surface area contributed by atoms with Gasteiger partial charge in [0.15, 0.2) is 11.6 Å². The van der Waals surface area contributed by atoms with Crippen molar-refractivity contribution in [1.82, 2.24) is 14.5 Å². The Kier molecular flexibility index (Phi) is 6.84. The second-order valence-electron chi connectivity index (χ2n) is 9.69. The molecule has 3 aromatic rings. The number of likely N-dealkylation sites (tertiary alicyclic amines) is 1. The summed E-state index contributed by atoms with van der Waals surface area (Å²) in [5.74, 6) is 1.11. The normalized spacial score (nSPS) is 17.3. The van der Waals surface area contributed by atoms with Crippen LogP contribution in [0, 0.1) is 11.7 Å². The van der Waals surface area contributed by atoms with Gasteiger partial charge in [-0.3, -0.25) is 9.36 Å². The largest absolute Gasteiger partial charge is 0.494 e. The van der Waals surface area contributed by atoms with E-state index >= 15 is 0 Å². The van der Waals surface area contributed by atoms with Gasteiger partial charge in [-0.15, -0.1) is 0 Å². The number of nitrogens with zero attached hydrogens (tertiary/aromatic N) is 3. The number of halogens is 1. The van der Waals surface area contributed by atoms with Gasteiger partial charge >= 0.3 is 0 Å². The van der Waals surface area contributed by atoms with Crippen molar-refractivity contribution in [3.63, 3.8) is 0 Å². The Hall–Kier alpha value is -2.73. The van der Waals surface area contributed by atoms with Gasteiger partial charge in [-0.25, -0.2) is 9.37 Å². The third kappa shape index (κ3) is 4.67. The van der Waals surface area contributed by atoms with Gasteiger partial charge in [0, 0.05) is 30.6 Å². The first-order chi connectivity index (χ1) is 15.8. The number of hydrogen-bond acceptors (Lipinski definition) is 4. The number of methoxy groups -OCH3 is 1. The first kappa shape index (κ1) is 23.4. The van der Waals surface area contributed by atoms with Crippen LogP contribution in [0.1, 0.15) is 52.3 Å². The molecule has 0 saturated carbocycles. The van der Waals surface area contributed by atoms with E-state index in [1.165, 1.54) is 7.11 Å². The molecule has 1 atom stereocenters. The van der Waals surface area contributed by atoms with Crippen molar-refractivity contribution in [3.8, 4) is 16.9 Å². The molecule has 5 nitrogen and oxygen atoms in total. The van der Waals surface area contributed by atoms with Crippen LogP contribution in [0.4, 0.5) is 4.39 Å². The lowest BCUT2D eigenvalue weighted by Gasteiger charge is -2.36. The molecule has 1 fully saturated rings. The SMILES string of the molecule is COc1cccc(-c2ccc3nc(C(C)C)n(C[C@H]4CCCN(C(C)C)C4)c(=O)c3c2)c1F. The zero-order valence-electron chi connectivity index (χ0n) is 20.3. The molecule has 0 spiro atoms. The average Bonchev–Trinajstić information content (AvgIpc) is 2.80. The third-order valence-electron chi connectivity index (χ3n) is 6.72. The van der Waals surface area contributed by atoms with Crippen LogP contribution >= 0.6 is 0 Å². The molecule has 0 aliphatic carbocycles. The predicted octanol–water partition coefficient (Wildman–Crippen LogP) is 5.46. The van der Waals surface area contributed by atoms with Crippen molar-refractivity contribution in [1.29, 1.82) is 0 Å². The van der Waals surface area contributed by atoms with E-state index in [4.69, 9.17) is 9.72 Å². The summed E-state index contributed by atoms with van der Waals surface area (Å²) >= 11 is 0. The predicted molar refractivity (Wildman–Crippen MR) is 131 cm³/mol. The number of ether oxygens (including phenoxy) is 1. The van der Waals surface area contributed by atoms with Crippen LogP contribution in [0.15, 0.2) is 41.2 Å². The maximum absolute atomic E-state index is 14.9. The number of aromatic nitrogens is 2. The van der Waals surface area contributed by atoms with Crippen molar-refractivity contribution >= 4 is 10.9 Å². The van der Waals surface area contributed by atoms with Crippen LogP contribution in [0.2, 0.25) is 0 Å². The van der Waals surface area contributed by atoms with Crippen LogP contribution in [0.5, 0.6) is 5.75 Å². The molecular weight excluding hydrogens is 417 g/mol. The summed E-state index contributed by atoms with van der Waals surface area (Å²) in [6, 6.07) is 11.0. The molecule has 1 saturated heterocycles. The molecule has 2 aromatic carbocycles. The minimum atomic E-state index is -0.428. The molecule has 1 aromatic heterocycles. The van der Waals surface area contributed by atoms with Crippen LogP contribution in [-0.2, 0) is 6.54 Å². The Morgan fingerprint density at radius 2 is 1.97 bits per heavy atom. The fraction of sp³-hybridized carbons (Fsp3) is 0.481. The minimum Gasteiger partial charge on any atom is -0.494 e. The van der Waals surface area contributed by atoms with E-state index in [-0.39, 0.29) is 17.2 Å². The van der Waals surface area contributed by atoms with Gasteiger partial charge in [-0.2, -0.15) is 0 Å². The molecule has 1 aliphatic heterocycles. The first-order valence-corrected chi connectivity index (χ1v) is 11.9. The van der Waals surface area contributed by atoms with Crippen molar-refractivity contribution < 1.29 is 9.13 Å². The quantitative estimate of drug-likeness (QED) is 0.500. The topological polar surface area (TPSA) is 47.4 Å². The lowest BCUT2D eigenvalue weighted by atomic mass is 9.96. The maximum Gasteiger partial charge on any atom is 0.261 e. The second-order valence-corrected chi connectivity index (χ2v) is 9.69. The molecule has 33 heavy (non-hydrogen) atoms. The van der Waals surface area contributed by atoms with Crippen LogP contribution in [0.3, 0.4) is 0 Å². The molecule has 0 bridgehead atoms. The van der Waals surface area contributed by atoms with E-state index in [9.17, 15) is 9.18 Å². The van der Waals surface area contributed by atoms with Gasteiger partial charge in [0.2, 0.25) is 0 Å². The summed E-state index contributed by atoms with van der Waals surface area (Å²) in [6.45, 7) is 11.4. The summed E-state index contributed by atoms with van der Waals surface area (Å²) in [6.07, 6.45) is 2.26. The van der Waals surface area contributed by atoms with Crippen LogP contribution < -0.4 is 10.3 Å². The smallest absolute Gasteiger partial charge is 0.261 e. The van der Waals surface area contributed by atoms with Gasteiger partial charge in [0.25, 0.3) is 5.56 Å². The zero-order chi connectivity index (χ0) is 23.7. The van der Waals surface area contributed by atoms with E-state index in [1.54, 1.807) is 24.3 Å². The Bertz CT molecular complexity index is 1200. The van der Waals surface area contributed by atoms with E-state index in [0.717, 1.165) is 31.8 Å². The molecule has 0 unspecified atom stereocenters. The van der Waals surface area contributed by atoms with Gasteiger partial charge in [0.05, 0.1) is 18.0 Å². The summed E-state index contributed by atoms with van der Waals surface area (Å²) in [4.78, 5) is 21.1. The number of fused-ring (bicyclic) bond motifs is 1. The Morgan fingerprint density at radius 1 is 1.18 bits per heavy atom. The molecule has 6 heteroatoms. The average molecular weight is 452 g/mol. The number of benzene rings is 2. The Morgan fingerprint density at radius 3 is 2.67 bits per heavy atom. The maximum atomic E-state index is 14.9. The Balaban J connectivity index is 1.79. The fourth-order valence-corrected chi connectivity index (χ4v) is 4.89. The van der Waals surface area contributed by atoms with Gasteiger partial charge < -0.3 is 9.64 Å². The molecule has 0 radical (unpaired) electrons. The van der Waals surface area contributed by atoms with Crippen molar-refractivity contribution in [2.24, 2.45) is 5.92 Å². The zero-order valence-corrected chi connectivity index (χ0v) is 20.3. The highest BCUT2D eigenvalue weighted by Gasteiger charge is 2.24. The fourth-order valence-electron chi connectivity index (χ4n) is 4.89.